The first kappa shape index (κ1) is 18.1. The molecule has 1 aliphatic carbocycles. The number of halogens is 2. The van der Waals surface area contributed by atoms with Crippen LogP contribution in [0.3, 0.4) is 0 Å². The molecule has 0 aliphatic heterocycles. The molecule has 2 aromatic carbocycles. The fourth-order valence-electron chi connectivity index (χ4n) is 3.83. The van der Waals surface area contributed by atoms with Crippen molar-refractivity contribution >= 4 is 20.9 Å². The van der Waals surface area contributed by atoms with Crippen LogP contribution in [-0.2, 0) is 22.9 Å². The molecule has 7 heteroatoms. The van der Waals surface area contributed by atoms with E-state index >= 15 is 0 Å². The molecule has 27 heavy (non-hydrogen) atoms. The second-order valence-electron chi connectivity index (χ2n) is 7.19. The van der Waals surface area contributed by atoms with E-state index in [1.165, 1.54) is 11.8 Å². The van der Waals surface area contributed by atoms with Crippen molar-refractivity contribution in [2.24, 2.45) is 0 Å². The Morgan fingerprint density at radius 3 is 2.56 bits per heavy atom. The summed E-state index contributed by atoms with van der Waals surface area (Å²) in [5, 5.41) is 0.894. The highest BCUT2D eigenvalue weighted by atomic mass is 32.2. The zero-order chi connectivity index (χ0) is 19.3. The summed E-state index contributed by atoms with van der Waals surface area (Å²) in [6, 6.07) is 8.61. The van der Waals surface area contributed by atoms with Crippen LogP contribution >= 0.6 is 0 Å². The molecule has 0 radical (unpaired) electrons. The van der Waals surface area contributed by atoms with E-state index in [0.29, 0.717) is 11.6 Å². The Balaban J connectivity index is 1.85. The van der Waals surface area contributed by atoms with Gasteiger partial charge >= 0.3 is 0 Å². The average molecular weight is 390 g/mol. The number of aryl methyl sites for hydroxylation is 1. The van der Waals surface area contributed by atoms with E-state index < -0.39 is 21.7 Å². The van der Waals surface area contributed by atoms with Gasteiger partial charge in [-0.2, -0.15) is 0 Å². The van der Waals surface area contributed by atoms with Crippen LogP contribution in [0.25, 0.3) is 10.9 Å². The number of benzene rings is 2. The van der Waals surface area contributed by atoms with Gasteiger partial charge in [-0.05, 0) is 74.8 Å². The fraction of sp³-hybridized carbons (Fsp3) is 0.300. The van der Waals surface area contributed by atoms with Gasteiger partial charge in [-0.15, -0.1) is 0 Å². The molecule has 1 heterocycles. The van der Waals surface area contributed by atoms with E-state index in [1.807, 2.05) is 6.07 Å². The molecule has 4 nitrogen and oxygen atoms in total. The molecule has 1 aromatic heterocycles. The summed E-state index contributed by atoms with van der Waals surface area (Å²) in [4.78, 5) is 1.92. The molecule has 0 saturated carbocycles. The van der Waals surface area contributed by atoms with Crippen LogP contribution in [0.2, 0.25) is 0 Å². The summed E-state index contributed by atoms with van der Waals surface area (Å²) >= 11 is 0. The van der Waals surface area contributed by atoms with Crippen molar-refractivity contribution in [1.29, 1.82) is 0 Å². The summed E-state index contributed by atoms with van der Waals surface area (Å²) in [6.07, 6.45) is 4.37. The standard InChI is InChI=1S/C20H20F2N2O2S/c1-23(2)14-5-3-13-4-8-20-16(17(13)11-14)9-10-24(20)27(25,26)15-6-7-18(21)19(22)12-15/h4,6-10,12,14H,3,5,11H2,1-2H3. The van der Waals surface area contributed by atoms with Crippen LogP contribution < -0.4 is 0 Å². The molecule has 142 valence electrons. The lowest BCUT2D eigenvalue weighted by Crippen LogP contribution is -2.33. The van der Waals surface area contributed by atoms with Crippen LogP contribution in [0.5, 0.6) is 0 Å². The van der Waals surface area contributed by atoms with Crippen molar-refractivity contribution in [3.8, 4) is 0 Å². The molecule has 3 aromatic rings. The Bertz CT molecular complexity index is 1140. The zero-order valence-electron chi connectivity index (χ0n) is 15.1. The molecule has 0 saturated heterocycles. The van der Waals surface area contributed by atoms with Crippen LogP contribution in [0.1, 0.15) is 17.5 Å². The maximum atomic E-state index is 13.6. The van der Waals surface area contributed by atoms with Gasteiger partial charge in [0.25, 0.3) is 10.0 Å². The first-order valence-electron chi connectivity index (χ1n) is 8.78. The Labute approximate surface area is 157 Å². The van der Waals surface area contributed by atoms with E-state index in [-0.39, 0.29) is 4.90 Å². The van der Waals surface area contributed by atoms with E-state index in [0.717, 1.165) is 52.4 Å². The first-order valence-corrected chi connectivity index (χ1v) is 10.2. The molecule has 0 spiro atoms. The largest absolute Gasteiger partial charge is 0.306 e. The van der Waals surface area contributed by atoms with Gasteiger partial charge in [-0.1, -0.05) is 6.07 Å². The summed E-state index contributed by atoms with van der Waals surface area (Å²) in [5.74, 6) is -2.26. The summed E-state index contributed by atoms with van der Waals surface area (Å²) in [7, 11) is 0.0819. The van der Waals surface area contributed by atoms with Crippen molar-refractivity contribution in [3.05, 3.63) is 65.4 Å². The van der Waals surface area contributed by atoms with Gasteiger partial charge in [0.15, 0.2) is 11.6 Å². The van der Waals surface area contributed by atoms with Gasteiger partial charge in [0.05, 0.1) is 10.4 Å². The predicted molar refractivity (Wildman–Crippen MR) is 100 cm³/mol. The van der Waals surface area contributed by atoms with Gasteiger partial charge in [0.2, 0.25) is 0 Å². The number of fused-ring (bicyclic) bond motifs is 3. The van der Waals surface area contributed by atoms with E-state index in [1.54, 1.807) is 12.1 Å². The van der Waals surface area contributed by atoms with Gasteiger partial charge < -0.3 is 4.90 Å². The van der Waals surface area contributed by atoms with E-state index in [2.05, 4.69) is 19.0 Å². The highest BCUT2D eigenvalue weighted by Gasteiger charge is 2.25. The third-order valence-corrected chi connectivity index (χ3v) is 7.10. The predicted octanol–water partition coefficient (Wildman–Crippen LogP) is 3.58. The topological polar surface area (TPSA) is 42.3 Å². The second-order valence-corrected chi connectivity index (χ2v) is 9.00. The van der Waals surface area contributed by atoms with Crippen molar-refractivity contribution < 1.29 is 17.2 Å². The molecule has 0 fully saturated rings. The molecule has 1 atom stereocenters. The highest BCUT2D eigenvalue weighted by molar-refractivity contribution is 7.90. The van der Waals surface area contributed by atoms with Gasteiger partial charge in [-0.25, -0.2) is 21.2 Å². The number of aromatic nitrogens is 1. The monoisotopic (exact) mass is 390 g/mol. The molecule has 0 N–H and O–H groups in total. The molecular weight excluding hydrogens is 370 g/mol. The lowest BCUT2D eigenvalue weighted by Gasteiger charge is -2.30. The average Bonchev–Trinajstić information content (AvgIpc) is 3.08. The van der Waals surface area contributed by atoms with Crippen molar-refractivity contribution in [2.75, 3.05) is 14.1 Å². The number of nitrogens with zero attached hydrogens (tertiary/aromatic N) is 2. The Hall–Kier alpha value is -2.25. The lowest BCUT2D eigenvalue weighted by atomic mass is 9.86. The summed E-state index contributed by atoms with van der Waals surface area (Å²) < 4.78 is 53.9. The minimum Gasteiger partial charge on any atom is -0.306 e. The smallest absolute Gasteiger partial charge is 0.268 e. The second kappa shape index (κ2) is 6.42. The highest BCUT2D eigenvalue weighted by Crippen LogP contribution is 2.32. The molecule has 0 amide bonds. The van der Waals surface area contributed by atoms with Crippen LogP contribution in [0.15, 0.2) is 47.5 Å². The summed E-state index contributed by atoms with van der Waals surface area (Å²) in [6.45, 7) is 0. The molecule has 4 rings (SSSR count). The SMILES string of the molecule is CN(C)C1CCc2ccc3c(ccn3S(=O)(=O)c3ccc(F)c(F)c3)c2C1. The van der Waals surface area contributed by atoms with Crippen molar-refractivity contribution in [2.45, 2.75) is 30.2 Å². The molecule has 1 aliphatic rings. The quantitative estimate of drug-likeness (QED) is 0.687. The Kier molecular flexibility index (Phi) is 4.31. The van der Waals surface area contributed by atoms with Crippen molar-refractivity contribution in [3.63, 3.8) is 0 Å². The number of hydrogen-bond acceptors (Lipinski definition) is 3. The minimum atomic E-state index is -4.02. The molecule has 0 bridgehead atoms. The van der Waals surface area contributed by atoms with Crippen LogP contribution in [-0.4, -0.2) is 37.4 Å². The van der Waals surface area contributed by atoms with E-state index in [4.69, 9.17) is 0 Å². The number of rotatable bonds is 3. The molecular formula is C20H20F2N2O2S. The third-order valence-electron chi connectivity index (χ3n) is 5.41. The van der Waals surface area contributed by atoms with Crippen LogP contribution in [0, 0.1) is 11.6 Å². The maximum absolute atomic E-state index is 13.6. The molecule has 1 unspecified atom stereocenters. The van der Waals surface area contributed by atoms with Gasteiger partial charge in [-0.3, -0.25) is 0 Å². The van der Waals surface area contributed by atoms with Gasteiger partial charge in [0.1, 0.15) is 0 Å². The lowest BCUT2D eigenvalue weighted by molar-refractivity contribution is 0.269. The van der Waals surface area contributed by atoms with Crippen LogP contribution in [0.4, 0.5) is 8.78 Å². The summed E-state index contributed by atoms with van der Waals surface area (Å²) in [5.41, 5.74) is 2.96. The Morgan fingerprint density at radius 2 is 1.85 bits per heavy atom. The normalized spacial score (nSPS) is 17.4. The minimum absolute atomic E-state index is 0.275. The Morgan fingerprint density at radius 1 is 1.07 bits per heavy atom. The van der Waals surface area contributed by atoms with Crippen molar-refractivity contribution in [1.82, 2.24) is 8.87 Å². The number of likely N-dealkylation sites (N-methyl/N-ethyl adjacent to an activating group) is 1. The fourth-order valence-corrected chi connectivity index (χ4v) is 5.19. The maximum Gasteiger partial charge on any atom is 0.268 e. The number of hydrogen-bond donors (Lipinski definition) is 0. The zero-order valence-corrected chi connectivity index (χ0v) is 15.9. The van der Waals surface area contributed by atoms with E-state index in [9.17, 15) is 17.2 Å². The first-order chi connectivity index (χ1) is 12.8. The third kappa shape index (κ3) is 2.95. The van der Waals surface area contributed by atoms with Gasteiger partial charge in [0, 0.05) is 17.6 Å².